The Labute approximate surface area is 123 Å². The first-order valence-corrected chi connectivity index (χ1v) is 7.09. The summed E-state index contributed by atoms with van der Waals surface area (Å²) in [7, 11) is 1.82. The molecule has 1 amide bonds. The third-order valence-corrected chi connectivity index (χ3v) is 3.41. The summed E-state index contributed by atoms with van der Waals surface area (Å²) in [4.78, 5) is 13.7. The van der Waals surface area contributed by atoms with Crippen molar-refractivity contribution < 1.29 is 18.3 Å². The van der Waals surface area contributed by atoms with Gasteiger partial charge in [-0.15, -0.1) is 0 Å². The van der Waals surface area contributed by atoms with Gasteiger partial charge >= 0.3 is 0 Å². The van der Waals surface area contributed by atoms with Gasteiger partial charge in [-0.05, 0) is 38.4 Å². The van der Waals surface area contributed by atoms with E-state index < -0.39 is 11.6 Å². The first-order valence-electron chi connectivity index (χ1n) is 7.09. The number of amides is 1. The van der Waals surface area contributed by atoms with Crippen LogP contribution < -0.4 is 5.32 Å². The van der Waals surface area contributed by atoms with Crippen molar-refractivity contribution in [2.45, 2.75) is 25.4 Å². The summed E-state index contributed by atoms with van der Waals surface area (Å²) < 4.78 is 31.8. The highest BCUT2D eigenvalue weighted by Crippen LogP contribution is 2.15. The van der Waals surface area contributed by atoms with Gasteiger partial charge in [-0.1, -0.05) is 0 Å². The molecule has 21 heavy (non-hydrogen) atoms. The number of nitrogens with one attached hydrogen (secondary N) is 1. The highest BCUT2D eigenvalue weighted by atomic mass is 19.1. The molecule has 0 spiro atoms. The van der Waals surface area contributed by atoms with E-state index in [-0.39, 0.29) is 24.2 Å². The van der Waals surface area contributed by atoms with Crippen LogP contribution in [0.15, 0.2) is 18.2 Å². The molecular formula is C15H20F2N2O2. The third-order valence-electron chi connectivity index (χ3n) is 3.41. The fourth-order valence-electron chi connectivity index (χ4n) is 2.39. The molecule has 2 rings (SSSR count). The Morgan fingerprint density at radius 2 is 2.24 bits per heavy atom. The van der Waals surface area contributed by atoms with E-state index in [1.807, 2.05) is 11.9 Å². The first-order chi connectivity index (χ1) is 10.0. The summed E-state index contributed by atoms with van der Waals surface area (Å²) in [6, 6.07) is 3.07. The van der Waals surface area contributed by atoms with Crippen LogP contribution in [-0.2, 0) is 9.53 Å². The fraction of sp³-hybridized carbons (Fsp3) is 0.533. The molecule has 1 fully saturated rings. The SMILES string of the molecule is CN(CC(=O)Nc1ccc(F)cc1F)CC1CCCCO1. The monoisotopic (exact) mass is 298 g/mol. The average molecular weight is 298 g/mol. The molecule has 0 bridgehead atoms. The summed E-state index contributed by atoms with van der Waals surface area (Å²) >= 11 is 0. The zero-order valence-electron chi connectivity index (χ0n) is 12.1. The maximum Gasteiger partial charge on any atom is 0.238 e. The molecule has 1 aromatic carbocycles. The molecule has 6 heteroatoms. The summed E-state index contributed by atoms with van der Waals surface area (Å²) in [6.45, 7) is 1.57. The van der Waals surface area contributed by atoms with Gasteiger partial charge < -0.3 is 10.1 Å². The summed E-state index contributed by atoms with van der Waals surface area (Å²) in [5.41, 5.74) is -0.0104. The van der Waals surface area contributed by atoms with E-state index in [2.05, 4.69) is 5.32 Å². The molecule has 1 unspecified atom stereocenters. The molecule has 0 aliphatic carbocycles. The van der Waals surface area contributed by atoms with Gasteiger partial charge in [0, 0.05) is 19.2 Å². The highest BCUT2D eigenvalue weighted by Gasteiger charge is 2.17. The van der Waals surface area contributed by atoms with Gasteiger partial charge in [-0.3, -0.25) is 9.69 Å². The number of anilines is 1. The summed E-state index contributed by atoms with van der Waals surface area (Å²) in [5, 5.41) is 2.44. The molecular weight excluding hydrogens is 278 g/mol. The Kier molecular flexibility index (Phi) is 5.64. The molecule has 116 valence electrons. The van der Waals surface area contributed by atoms with E-state index in [0.717, 1.165) is 38.0 Å². The average Bonchev–Trinajstić information content (AvgIpc) is 2.43. The fourth-order valence-corrected chi connectivity index (χ4v) is 2.39. The Hall–Kier alpha value is -1.53. The van der Waals surface area contributed by atoms with Gasteiger partial charge in [-0.2, -0.15) is 0 Å². The van der Waals surface area contributed by atoms with Crippen molar-refractivity contribution in [2.75, 3.05) is 32.1 Å². The normalized spacial score (nSPS) is 18.8. The maximum atomic E-state index is 13.4. The van der Waals surface area contributed by atoms with Crippen molar-refractivity contribution in [3.63, 3.8) is 0 Å². The number of rotatable bonds is 5. The molecule has 1 heterocycles. The van der Waals surface area contributed by atoms with Crippen LogP contribution >= 0.6 is 0 Å². The van der Waals surface area contributed by atoms with E-state index in [9.17, 15) is 13.6 Å². The van der Waals surface area contributed by atoms with Crippen LogP contribution in [-0.4, -0.2) is 43.7 Å². The van der Waals surface area contributed by atoms with Crippen LogP contribution in [0.2, 0.25) is 0 Å². The second kappa shape index (κ2) is 7.47. The topological polar surface area (TPSA) is 41.6 Å². The van der Waals surface area contributed by atoms with Gasteiger partial charge in [0.25, 0.3) is 0 Å². The number of carbonyl (C=O) groups is 1. The van der Waals surface area contributed by atoms with Crippen LogP contribution in [0.4, 0.5) is 14.5 Å². The number of nitrogens with zero attached hydrogens (tertiary/aromatic N) is 1. The van der Waals surface area contributed by atoms with Crippen LogP contribution in [0.1, 0.15) is 19.3 Å². The van der Waals surface area contributed by atoms with E-state index in [1.165, 1.54) is 6.07 Å². The van der Waals surface area contributed by atoms with Crippen molar-refractivity contribution in [1.29, 1.82) is 0 Å². The van der Waals surface area contributed by atoms with Gasteiger partial charge in [-0.25, -0.2) is 8.78 Å². The lowest BCUT2D eigenvalue weighted by atomic mass is 10.1. The second-order valence-corrected chi connectivity index (χ2v) is 5.36. The van der Waals surface area contributed by atoms with Crippen molar-refractivity contribution >= 4 is 11.6 Å². The summed E-state index contributed by atoms with van der Waals surface area (Å²) in [5.74, 6) is -1.78. The van der Waals surface area contributed by atoms with Crippen LogP contribution in [0.5, 0.6) is 0 Å². The molecule has 1 aliphatic rings. The third kappa shape index (κ3) is 5.06. The van der Waals surface area contributed by atoms with Crippen LogP contribution in [0, 0.1) is 11.6 Å². The predicted molar refractivity (Wildman–Crippen MR) is 76.1 cm³/mol. The highest BCUT2D eigenvalue weighted by molar-refractivity contribution is 5.92. The molecule has 1 atom stereocenters. The number of halogens is 2. The van der Waals surface area contributed by atoms with Crippen LogP contribution in [0.3, 0.4) is 0 Å². The van der Waals surface area contributed by atoms with Crippen molar-refractivity contribution in [1.82, 2.24) is 4.90 Å². The Balaban J connectivity index is 1.80. The maximum absolute atomic E-state index is 13.4. The molecule has 0 aromatic heterocycles. The predicted octanol–water partition coefficient (Wildman–Crippen LogP) is 2.40. The number of benzene rings is 1. The van der Waals surface area contributed by atoms with Gasteiger partial charge in [0.2, 0.25) is 5.91 Å². The Bertz CT molecular complexity index is 491. The number of hydrogen-bond acceptors (Lipinski definition) is 3. The number of carbonyl (C=O) groups excluding carboxylic acids is 1. The minimum atomic E-state index is -0.776. The zero-order chi connectivity index (χ0) is 15.2. The molecule has 1 aliphatic heterocycles. The molecule has 1 N–H and O–H groups in total. The number of likely N-dealkylation sites (N-methyl/N-ethyl adjacent to an activating group) is 1. The molecule has 0 radical (unpaired) electrons. The van der Waals surface area contributed by atoms with E-state index in [0.29, 0.717) is 6.54 Å². The van der Waals surface area contributed by atoms with Gasteiger partial charge in [0.15, 0.2) is 0 Å². The molecule has 1 aromatic rings. The number of hydrogen-bond donors (Lipinski definition) is 1. The van der Waals surface area contributed by atoms with Gasteiger partial charge in [0.05, 0.1) is 18.3 Å². The Morgan fingerprint density at radius 1 is 1.43 bits per heavy atom. The van der Waals surface area contributed by atoms with E-state index in [1.54, 1.807) is 0 Å². The number of ether oxygens (including phenoxy) is 1. The minimum absolute atomic E-state index is 0.0104. The molecule has 4 nitrogen and oxygen atoms in total. The van der Waals surface area contributed by atoms with Crippen molar-refractivity contribution in [3.05, 3.63) is 29.8 Å². The lowest BCUT2D eigenvalue weighted by Crippen LogP contribution is -2.38. The largest absolute Gasteiger partial charge is 0.377 e. The van der Waals surface area contributed by atoms with E-state index >= 15 is 0 Å². The lowest BCUT2D eigenvalue weighted by molar-refractivity contribution is -0.117. The summed E-state index contributed by atoms with van der Waals surface area (Å²) in [6.07, 6.45) is 3.38. The second-order valence-electron chi connectivity index (χ2n) is 5.36. The Morgan fingerprint density at radius 3 is 2.90 bits per heavy atom. The standard InChI is InChI=1S/C15H20F2N2O2/c1-19(9-12-4-2-3-7-21-12)10-15(20)18-14-6-5-11(16)8-13(14)17/h5-6,8,12H,2-4,7,9-10H2,1H3,(H,18,20). The zero-order valence-corrected chi connectivity index (χ0v) is 12.1. The van der Waals surface area contributed by atoms with Crippen molar-refractivity contribution in [2.24, 2.45) is 0 Å². The van der Waals surface area contributed by atoms with Gasteiger partial charge in [0.1, 0.15) is 11.6 Å². The van der Waals surface area contributed by atoms with E-state index in [4.69, 9.17) is 4.74 Å². The molecule has 0 saturated carbocycles. The van der Waals surface area contributed by atoms with Crippen LogP contribution in [0.25, 0.3) is 0 Å². The smallest absolute Gasteiger partial charge is 0.238 e. The molecule has 1 saturated heterocycles. The quantitative estimate of drug-likeness (QED) is 0.907. The van der Waals surface area contributed by atoms with Crippen molar-refractivity contribution in [3.8, 4) is 0 Å². The first kappa shape index (κ1) is 15.9. The minimum Gasteiger partial charge on any atom is -0.377 e. The lowest BCUT2D eigenvalue weighted by Gasteiger charge is -2.27.